The first kappa shape index (κ1) is 37.6. The number of benzene rings is 2. The highest BCUT2D eigenvalue weighted by atomic mass is 35.5. The lowest BCUT2D eigenvalue weighted by Gasteiger charge is -2.41. The maximum Gasteiger partial charge on any atom is 0.325 e. The molecule has 40 heavy (non-hydrogen) atoms. The molecule has 0 spiro atoms. The molecular weight excluding hydrogens is 553 g/mol. The van der Waals surface area contributed by atoms with Gasteiger partial charge in [-0.15, -0.1) is 24.8 Å². The van der Waals surface area contributed by atoms with Crippen LogP contribution in [0.25, 0.3) is 0 Å². The van der Waals surface area contributed by atoms with Crippen molar-refractivity contribution >= 4 is 42.4 Å². The van der Waals surface area contributed by atoms with Crippen molar-refractivity contribution < 1.29 is 24.2 Å². The van der Waals surface area contributed by atoms with E-state index >= 15 is 0 Å². The van der Waals surface area contributed by atoms with Gasteiger partial charge in [-0.3, -0.25) is 14.5 Å². The second-order valence-electron chi connectivity index (χ2n) is 10.0. The Kier molecular flexibility index (Phi) is 17.8. The number of aliphatic hydroxyl groups is 1. The highest BCUT2D eigenvalue weighted by molar-refractivity contribution is 5.88. The molecule has 1 aliphatic carbocycles. The Morgan fingerprint density at radius 2 is 1.68 bits per heavy atom. The van der Waals surface area contributed by atoms with Crippen LogP contribution in [0.5, 0.6) is 11.5 Å². The number of hydrogen-bond acceptors (Lipinski definition) is 7. The number of ether oxygens (including phenoxy) is 2. The molecule has 0 heterocycles. The molecule has 0 bridgehead atoms. The lowest BCUT2D eigenvalue weighted by Crippen LogP contribution is -2.43. The second kappa shape index (κ2) is 18.9. The van der Waals surface area contributed by atoms with E-state index in [1.807, 2.05) is 43.0 Å². The average molecular weight is 601 g/mol. The Hall–Kier alpha value is -2.36. The molecule has 0 radical (unpaired) electrons. The van der Waals surface area contributed by atoms with Gasteiger partial charge in [-0.05, 0) is 82.0 Å². The molecule has 1 aliphatic rings. The zero-order chi connectivity index (χ0) is 28.1. The summed E-state index contributed by atoms with van der Waals surface area (Å²) in [5, 5.41) is 13.8. The summed E-state index contributed by atoms with van der Waals surface area (Å²) in [7, 11) is 5.81. The van der Waals surface area contributed by atoms with E-state index in [9.17, 15) is 14.7 Å². The smallest absolute Gasteiger partial charge is 0.325 e. The summed E-state index contributed by atoms with van der Waals surface area (Å²) in [6.45, 7) is 8.27. The minimum absolute atomic E-state index is 0. The third kappa shape index (κ3) is 12.0. The number of halogens is 2. The number of rotatable bonds is 10. The monoisotopic (exact) mass is 599 g/mol. The fourth-order valence-corrected chi connectivity index (χ4v) is 4.79. The van der Waals surface area contributed by atoms with Crippen LogP contribution in [0.15, 0.2) is 48.5 Å². The Bertz CT molecular complexity index is 1020. The van der Waals surface area contributed by atoms with Gasteiger partial charge >= 0.3 is 5.97 Å². The molecule has 2 N–H and O–H groups in total. The second-order valence-corrected chi connectivity index (χ2v) is 10.0. The van der Waals surface area contributed by atoms with Gasteiger partial charge in [0.1, 0.15) is 11.5 Å². The Morgan fingerprint density at radius 3 is 2.23 bits per heavy atom. The third-order valence-electron chi connectivity index (χ3n) is 6.84. The van der Waals surface area contributed by atoms with Crippen LogP contribution >= 0.6 is 24.8 Å². The van der Waals surface area contributed by atoms with Crippen molar-refractivity contribution in [3.05, 3.63) is 54.1 Å². The van der Waals surface area contributed by atoms with Gasteiger partial charge in [-0.2, -0.15) is 0 Å². The number of hydrogen-bond donors (Lipinski definition) is 2. The fraction of sp³-hybridized carbons (Fsp3) is 0.533. The summed E-state index contributed by atoms with van der Waals surface area (Å²) < 4.78 is 10.5. The molecule has 2 aromatic carbocycles. The molecular formula is C30H47Cl2N3O5. The van der Waals surface area contributed by atoms with Crippen molar-refractivity contribution in [1.29, 1.82) is 0 Å². The van der Waals surface area contributed by atoms with Gasteiger partial charge in [0.2, 0.25) is 5.91 Å². The predicted molar refractivity (Wildman–Crippen MR) is 166 cm³/mol. The number of nitrogens with zero attached hydrogens (tertiary/aromatic N) is 2. The Labute approximate surface area is 252 Å². The molecule has 1 fully saturated rings. The van der Waals surface area contributed by atoms with Gasteiger partial charge in [0.15, 0.2) is 0 Å². The average Bonchev–Trinajstić information content (AvgIpc) is 2.89. The lowest BCUT2D eigenvalue weighted by atomic mass is 9.71. The fourth-order valence-electron chi connectivity index (χ4n) is 4.79. The maximum atomic E-state index is 11.7. The molecule has 0 aliphatic heterocycles. The molecule has 0 unspecified atom stereocenters. The summed E-state index contributed by atoms with van der Waals surface area (Å²) in [6.07, 6.45) is 4.24. The summed E-state index contributed by atoms with van der Waals surface area (Å²) in [4.78, 5) is 26.7. The van der Waals surface area contributed by atoms with Gasteiger partial charge in [0.05, 0.1) is 19.3 Å². The van der Waals surface area contributed by atoms with Gasteiger partial charge in [0.25, 0.3) is 0 Å². The number of likely N-dealkylation sites (N-methyl/N-ethyl adjacent to an activating group) is 1. The van der Waals surface area contributed by atoms with Gasteiger partial charge in [0, 0.05) is 25.1 Å². The lowest BCUT2D eigenvalue weighted by molar-refractivity contribution is -0.135. The third-order valence-corrected chi connectivity index (χ3v) is 6.84. The van der Waals surface area contributed by atoms with E-state index in [2.05, 4.69) is 24.3 Å². The minimum Gasteiger partial charge on any atom is -0.497 e. The molecule has 1 saturated carbocycles. The maximum absolute atomic E-state index is 11.7. The van der Waals surface area contributed by atoms with Crippen LogP contribution in [-0.2, 0) is 15.2 Å². The minimum atomic E-state index is -0.711. The number of anilines is 1. The van der Waals surface area contributed by atoms with E-state index in [4.69, 9.17) is 9.47 Å². The zero-order valence-electron chi connectivity index (χ0n) is 24.6. The molecule has 0 aromatic heterocycles. The summed E-state index contributed by atoms with van der Waals surface area (Å²) in [5.74, 6) is 1.18. The SMILES string of the molecule is CCN(CC)CC(=O)Oc1ccc(NC(C)=O)cc1.COc1cccc([C@@]2(O)CCCC[C@@H]2CN(C)C)c1.Cl.Cl. The van der Waals surface area contributed by atoms with Crippen molar-refractivity contribution in [1.82, 2.24) is 9.80 Å². The number of carbonyl (C=O) groups excluding carboxylic acids is 2. The van der Waals surface area contributed by atoms with Crippen LogP contribution in [0.2, 0.25) is 0 Å². The first-order valence-corrected chi connectivity index (χ1v) is 13.4. The summed E-state index contributed by atoms with van der Waals surface area (Å²) in [5.41, 5.74) is 0.964. The van der Waals surface area contributed by atoms with E-state index < -0.39 is 5.60 Å². The first-order chi connectivity index (χ1) is 18.1. The van der Waals surface area contributed by atoms with E-state index in [1.165, 1.54) is 13.3 Å². The van der Waals surface area contributed by atoms with Crippen LogP contribution in [-0.4, -0.2) is 74.2 Å². The van der Waals surface area contributed by atoms with Crippen LogP contribution in [0.4, 0.5) is 5.69 Å². The van der Waals surface area contributed by atoms with Crippen LogP contribution in [0.3, 0.4) is 0 Å². The standard InChI is InChI=1S/C16H25NO2.C14H20N2O3.2ClH/c1-17(2)12-14-7-4-5-10-16(14,18)13-8-6-9-15(11-13)19-3;1-4-16(5-2)10-14(18)19-13-8-6-12(7-9-13)15-11(3)17;;/h6,8-9,11,14,18H,4-5,7,10,12H2,1-3H3;6-9H,4-5,10H2,1-3H3,(H,15,17);2*1H/t14-,16+;;;/m1.../s1. The quantitative estimate of drug-likeness (QED) is 0.280. The topological polar surface area (TPSA) is 91.3 Å². The van der Waals surface area contributed by atoms with Crippen molar-refractivity contribution in [3.8, 4) is 11.5 Å². The molecule has 1 amide bonds. The van der Waals surface area contributed by atoms with Gasteiger partial charge in [-0.1, -0.05) is 38.8 Å². The van der Waals surface area contributed by atoms with Crippen LogP contribution in [0.1, 0.15) is 52.0 Å². The highest BCUT2D eigenvalue weighted by Gasteiger charge is 2.40. The summed E-state index contributed by atoms with van der Waals surface area (Å²) in [6, 6.07) is 14.6. The number of amides is 1. The molecule has 10 heteroatoms. The van der Waals surface area contributed by atoms with Crippen molar-refractivity contribution in [2.24, 2.45) is 5.92 Å². The molecule has 2 aromatic rings. The number of esters is 1. The van der Waals surface area contributed by atoms with E-state index in [1.54, 1.807) is 31.4 Å². The zero-order valence-corrected chi connectivity index (χ0v) is 26.3. The molecule has 226 valence electrons. The first-order valence-electron chi connectivity index (χ1n) is 13.4. The van der Waals surface area contributed by atoms with Crippen molar-refractivity contribution in [2.45, 2.75) is 52.1 Å². The van der Waals surface area contributed by atoms with Crippen molar-refractivity contribution in [2.75, 3.05) is 52.7 Å². The van der Waals surface area contributed by atoms with Gasteiger partial charge in [-0.25, -0.2) is 0 Å². The van der Waals surface area contributed by atoms with E-state index in [-0.39, 0.29) is 43.2 Å². The molecule has 8 nitrogen and oxygen atoms in total. The molecule has 0 saturated heterocycles. The Balaban J connectivity index is 0.000000724. The van der Waals surface area contributed by atoms with E-state index in [0.29, 0.717) is 17.4 Å². The predicted octanol–water partition coefficient (Wildman–Crippen LogP) is 5.37. The van der Waals surface area contributed by atoms with Crippen LogP contribution in [0, 0.1) is 5.92 Å². The Morgan fingerprint density at radius 1 is 1.02 bits per heavy atom. The largest absolute Gasteiger partial charge is 0.497 e. The number of methoxy groups -OCH3 is 1. The number of nitrogens with one attached hydrogen (secondary N) is 1. The summed E-state index contributed by atoms with van der Waals surface area (Å²) >= 11 is 0. The van der Waals surface area contributed by atoms with Crippen molar-refractivity contribution in [3.63, 3.8) is 0 Å². The number of carbonyl (C=O) groups is 2. The normalized spacial score (nSPS) is 18.0. The highest BCUT2D eigenvalue weighted by Crippen LogP contribution is 2.42. The van der Waals surface area contributed by atoms with E-state index in [0.717, 1.165) is 50.2 Å². The van der Waals surface area contributed by atoms with Gasteiger partial charge < -0.3 is 24.8 Å². The van der Waals surface area contributed by atoms with Crippen LogP contribution < -0.4 is 14.8 Å². The molecule has 2 atom stereocenters. The molecule has 3 rings (SSSR count).